The van der Waals surface area contributed by atoms with Crippen molar-refractivity contribution in [3.05, 3.63) is 53.1 Å². The van der Waals surface area contributed by atoms with Crippen LogP contribution in [0.1, 0.15) is 91.1 Å². The Kier molecular flexibility index (Phi) is 6.09. The highest BCUT2D eigenvalue weighted by molar-refractivity contribution is 7.91. The Balaban J connectivity index is 1.23. The highest BCUT2D eigenvalue weighted by Gasteiger charge is 2.66. The minimum atomic E-state index is -3.68. The van der Waals surface area contributed by atoms with E-state index in [0.717, 1.165) is 66.7 Å². The quantitative estimate of drug-likeness (QED) is 0.412. The molecule has 3 aromatic rings. The Hall–Kier alpha value is -3.37. The predicted molar refractivity (Wildman–Crippen MR) is 171 cm³/mol. The number of hydrogen-bond donors (Lipinski definition) is 2. The van der Waals surface area contributed by atoms with Gasteiger partial charge in [-0.15, -0.1) is 0 Å². The number of fused-ring (bicyclic) bond motifs is 9. The Bertz CT molecular complexity index is 1860. The zero-order chi connectivity index (χ0) is 30.7. The van der Waals surface area contributed by atoms with Crippen molar-refractivity contribution in [3.63, 3.8) is 0 Å². The molecule has 2 saturated heterocycles. The summed E-state index contributed by atoms with van der Waals surface area (Å²) in [7, 11) is -1.99. The number of piperazine rings is 1. The fraction of sp³-hybridized carbons (Fsp3) is 0.543. The van der Waals surface area contributed by atoms with Crippen molar-refractivity contribution in [2.45, 2.75) is 93.5 Å². The van der Waals surface area contributed by atoms with Crippen LogP contribution in [0.25, 0.3) is 22.2 Å². The molecule has 3 aliphatic carbocycles. The van der Waals surface area contributed by atoms with E-state index < -0.39 is 26.6 Å². The second kappa shape index (κ2) is 9.82. The summed E-state index contributed by atoms with van der Waals surface area (Å²) in [5, 5.41) is 4.09. The zero-order valence-electron chi connectivity index (χ0n) is 25.7. The second-order valence-corrected chi connectivity index (χ2v) is 16.3. The van der Waals surface area contributed by atoms with Crippen molar-refractivity contribution in [2.24, 2.45) is 5.41 Å². The van der Waals surface area contributed by atoms with Crippen molar-refractivity contribution in [2.75, 3.05) is 20.2 Å². The number of amides is 2. The first-order valence-electron chi connectivity index (χ1n) is 16.7. The van der Waals surface area contributed by atoms with Crippen LogP contribution < -0.4 is 14.8 Å². The number of sulfonamides is 1. The van der Waals surface area contributed by atoms with Crippen LogP contribution in [0.15, 0.2) is 36.4 Å². The van der Waals surface area contributed by atoms with Gasteiger partial charge in [-0.3, -0.25) is 9.59 Å². The average Bonchev–Trinajstić information content (AvgIpc) is 3.98. The lowest BCUT2D eigenvalue weighted by molar-refractivity contribution is -0.154. The lowest BCUT2D eigenvalue weighted by atomic mass is 9.81. The lowest BCUT2D eigenvalue weighted by Crippen LogP contribution is -2.70. The third-order valence-electron chi connectivity index (χ3n) is 11.7. The minimum absolute atomic E-state index is 0.0914. The number of hydrogen-bond acceptors (Lipinski definition) is 6. The molecule has 4 atom stereocenters. The molecule has 0 radical (unpaired) electrons. The zero-order valence-corrected chi connectivity index (χ0v) is 26.5. The molecule has 9 rings (SSSR count). The molecule has 2 bridgehead atoms. The van der Waals surface area contributed by atoms with Gasteiger partial charge in [-0.05, 0) is 85.9 Å². The monoisotopic (exact) mass is 628 g/mol. The molecular formula is C35H40N4O5S. The second-order valence-electron chi connectivity index (χ2n) is 14.4. The molecule has 10 heteroatoms. The first kappa shape index (κ1) is 27.9. The minimum Gasteiger partial charge on any atom is -0.497 e. The van der Waals surface area contributed by atoms with Gasteiger partial charge >= 0.3 is 0 Å². The van der Waals surface area contributed by atoms with Gasteiger partial charge in [0.15, 0.2) is 0 Å². The highest BCUT2D eigenvalue weighted by atomic mass is 32.2. The standard InChI is InChI=1S/C35H40N4O5S/c1-44-24-8-12-26-28(15-24)29-16-35(29,34(41)39-22-14-23(39)18-36-17-22)19-38-30-13-21(33(40)37-45(42,43)25-9-10-25)7-11-27(30)31(32(26)38)20-5-3-2-4-6-20/h7-8,11-13,15,20,22-23,25,29,36H,2-6,9-10,14,16-19H2,1H3,(H,37,40). The fourth-order valence-electron chi connectivity index (χ4n) is 9.14. The van der Waals surface area contributed by atoms with Crippen LogP contribution in [0, 0.1) is 5.41 Å². The molecule has 2 N–H and O–H groups in total. The van der Waals surface area contributed by atoms with Crippen molar-refractivity contribution in [1.29, 1.82) is 0 Å². The number of benzene rings is 2. The van der Waals surface area contributed by atoms with Gasteiger partial charge in [0.05, 0.1) is 23.5 Å². The Morgan fingerprint density at radius 1 is 1.00 bits per heavy atom. The SMILES string of the molecule is COc1ccc2c(c1)C1CC1(C(=O)N1C3CNCC1C3)Cn1c-2c(C2CCCCC2)c2ccc(C(=O)NS(=O)(=O)C3CC3)cc21. The summed E-state index contributed by atoms with van der Waals surface area (Å²) in [6.45, 7) is 2.24. The number of nitrogens with zero attached hydrogens (tertiary/aromatic N) is 2. The molecule has 3 saturated carbocycles. The summed E-state index contributed by atoms with van der Waals surface area (Å²) < 4.78 is 35.7. The molecule has 0 spiro atoms. The summed E-state index contributed by atoms with van der Waals surface area (Å²) >= 11 is 0. The Morgan fingerprint density at radius 3 is 2.49 bits per heavy atom. The molecule has 3 aliphatic heterocycles. The van der Waals surface area contributed by atoms with E-state index in [4.69, 9.17) is 4.74 Å². The van der Waals surface area contributed by atoms with E-state index in [1.165, 1.54) is 30.4 Å². The average molecular weight is 629 g/mol. The van der Waals surface area contributed by atoms with Gasteiger partial charge in [-0.25, -0.2) is 13.1 Å². The largest absolute Gasteiger partial charge is 0.497 e. The van der Waals surface area contributed by atoms with Gasteiger partial charge in [-0.2, -0.15) is 0 Å². The summed E-state index contributed by atoms with van der Waals surface area (Å²) in [4.78, 5) is 30.2. The lowest BCUT2D eigenvalue weighted by Gasteiger charge is -2.54. The van der Waals surface area contributed by atoms with Gasteiger partial charge in [-0.1, -0.05) is 25.3 Å². The Labute approximate surface area is 263 Å². The predicted octanol–water partition coefficient (Wildman–Crippen LogP) is 4.65. The summed E-state index contributed by atoms with van der Waals surface area (Å²) in [5.41, 5.74) is 5.47. The van der Waals surface area contributed by atoms with E-state index in [-0.39, 0.29) is 23.9 Å². The molecule has 4 unspecified atom stereocenters. The third kappa shape index (κ3) is 4.17. The van der Waals surface area contributed by atoms with E-state index in [1.807, 2.05) is 18.2 Å². The van der Waals surface area contributed by atoms with Crippen molar-refractivity contribution in [3.8, 4) is 17.0 Å². The molecule has 45 heavy (non-hydrogen) atoms. The van der Waals surface area contributed by atoms with E-state index in [1.54, 1.807) is 13.2 Å². The molecule has 2 amide bonds. The van der Waals surface area contributed by atoms with E-state index in [0.29, 0.717) is 30.9 Å². The number of nitrogens with one attached hydrogen (secondary N) is 2. The fourth-order valence-corrected chi connectivity index (χ4v) is 10.4. The number of aromatic nitrogens is 1. The van der Waals surface area contributed by atoms with Gasteiger partial charge in [0.25, 0.3) is 5.91 Å². The third-order valence-corrected chi connectivity index (χ3v) is 13.6. The number of carbonyl (C=O) groups excluding carboxylic acids is 2. The van der Waals surface area contributed by atoms with Crippen LogP contribution in [0.3, 0.4) is 0 Å². The van der Waals surface area contributed by atoms with Crippen molar-refractivity contribution >= 4 is 32.7 Å². The molecule has 5 fully saturated rings. The summed E-state index contributed by atoms with van der Waals surface area (Å²) in [6.07, 6.45) is 8.86. The number of piperidine rings is 1. The van der Waals surface area contributed by atoms with E-state index in [9.17, 15) is 18.0 Å². The molecular weight excluding hydrogens is 588 g/mol. The van der Waals surface area contributed by atoms with Gasteiger partial charge in [0.2, 0.25) is 15.9 Å². The molecule has 9 nitrogen and oxygen atoms in total. The van der Waals surface area contributed by atoms with Crippen LogP contribution in [-0.4, -0.2) is 67.2 Å². The maximum absolute atomic E-state index is 14.7. The van der Waals surface area contributed by atoms with Crippen molar-refractivity contribution in [1.82, 2.24) is 19.5 Å². The topological polar surface area (TPSA) is 110 Å². The highest BCUT2D eigenvalue weighted by Crippen LogP contribution is 2.66. The normalized spacial score (nSPS) is 28.7. The summed E-state index contributed by atoms with van der Waals surface area (Å²) in [6, 6.07) is 12.5. The first-order valence-corrected chi connectivity index (χ1v) is 18.3. The van der Waals surface area contributed by atoms with Crippen LogP contribution >= 0.6 is 0 Å². The van der Waals surface area contributed by atoms with Crippen LogP contribution in [0.2, 0.25) is 0 Å². The number of carbonyl (C=O) groups is 2. The first-order chi connectivity index (χ1) is 21.8. The summed E-state index contributed by atoms with van der Waals surface area (Å²) in [5.74, 6) is 0.931. The van der Waals surface area contributed by atoms with Crippen LogP contribution in [0.5, 0.6) is 5.75 Å². The maximum Gasteiger partial charge on any atom is 0.264 e. The smallest absolute Gasteiger partial charge is 0.264 e. The number of ether oxygens (including phenoxy) is 1. The van der Waals surface area contributed by atoms with Gasteiger partial charge in [0, 0.05) is 59.7 Å². The molecule has 4 heterocycles. The van der Waals surface area contributed by atoms with E-state index in [2.05, 4.69) is 31.6 Å². The van der Waals surface area contributed by atoms with Crippen molar-refractivity contribution < 1.29 is 22.7 Å². The number of rotatable bonds is 6. The van der Waals surface area contributed by atoms with E-state index >= 15 is 0 Å². The molecule has 1 aromatic heterocycles. The molecule has 2 aromatic carbocycles. The maximum atomic E-state index is 14.7. The van der Waals surface area contributed by atoms with Crippen LogP contribution in [0.4, 0.5) is 0 Å². The van der Waals surface area contributed by atoms with Gasteiger partial charge in [0.1, 0.15) is 5.75 Å². The Morgan fingerprint density at radius 2 is 1.78 bits per heavy atom. The molecule has 236 valence electrons. The van der Waals surface area contributed by atoms with Crippen LogP contribution in [-0.2, 0) is 21.4 Å². The molecule has 6 aliphatic rings. The number of methoxy groups -OCH3 is 1. The van der Waals surface area contributed by atoms with Gasteiger partial charge < -0.3 is 19.5 Å².